The van der Waals surface area contributed by atoms with Gasteiger partial charge in [-0.25, -0.2) is 4.98 Å². The number of ether oxygens (including phenoxy) is 1. The van der Waals surface area contributed by atoms with Crippen LogP contribution in [0.4, 0.5) is 0 Å². The summed E-state index contributed by atoms with van der Waals surface area (Å²) in [5, 5.41) is 1.90. The van der Waals surface area contributed by atoms with Crippen LogP contribution in [0.1, 0.15) is 23.6 Å². The van der Waals surface area contributed by atoms with Gasteiger partial charge in [-0.1, -0.05) is 36.4 Å². The number of methoxy groups -OCH3 is 1. The molecular formula is C18H21N3O2. The van der Waals surface area contributed by atoms with E-state index in [0.717, 1.165) is 24.9 Å². The van der Waals surface area contributed by atoms with Gasteiger partial charge in [0.1, 0.15) is 0 Å². The van der Waals surface area contributed by atoms with Gasteiger partial charge in [0, 0.05) is 24.9 Å². The fourth-order valence-corrected chi connectivity index (χ4v) is 2.68. The maximum absolute atomic E-state index is 5.84. The van der Waals surface area contributed by atoms with Crippen LogP contribution in [0, 0.1) is 0 Å². The monoisotopic (exact) mass is 311 g/mol. The average molecular weight is 311 g/mol. The van der Waals surface area contributed by atoms with Gasteiger partial charge in [-0.05, 0) is 24.0 Å². The molecule has 1 aliphatic heterocycles. The van der Waals surface area contributed by atoms with Crippen LogP contribution in [-0.4, -0.2) is 23.7 Å². The van der Waals surface area contributed by atoms with Crippen LogP contribution in [-0.2, 0) is 11.3 Å². The van der Waals surface area contributed by atoms with E-state index in [-0.39, 0.29) is 6.04 Å². The van der Waals surface area contributed by atoms with Gasteiger partial charge in [-0.3, -0.25) is 0 Å². The van der Waals surface area contributed by atoms with Crippen LogP contribution < -0.4 is 10.5 Å². The number of aromatic nitrogens is 1. The number of hydroxylamine groups is 2. The molecule has 2 N–H and O–H groups in total. The number of rotatable bonds is 6. The topological polar surface area (TPSA) is 60.6 Å². The molecule has 1 aromatic heterocycles. The van der Waals surface area contributed by atoms with Crippen molar-refractivity contribution in [3.63, 3.8) is 0 Å². The minimum atomic E-state index is -0.0100. The minimum Gasteiger partial charge on any atom is -0.481 e. The van der Waals surface area contributed by atoms with E-state index in [2.05, 4.69) is 29.2 Å². The van der Waals surface area contributed by atoms with Crippen molar-refractivity contribution in [3.05, 3.63) is 71.7 Å². The molecule has 0 amide bonds. The van der Waals surface area contributed by atoms with Crippen LogP contribution in [0.2, 0.25) is 0 Å². The number of nitrogens with two attached hydrogens (primary N) is 1. The van der Waals surface area contributed by atoms with E-state index in [0.29, 0.717) is 11.8 Å². The van der Waals surface area contributed by atoms with Gasteiger partial charge in [0.25, 0.3) is 0 Å². The summed E-state index contributed by atoms with van der Waals surface area (Å²) >= 11 is 0. The van der Waals surface area contributed by atoms with Crippen molar-refractivity contribution in [2.75, 3.05) is 13.7 Å². The van der Waals surface area contributed by atoms with Gasteiger partial charge < -0.3 is 15.3 Å². The molecular weight excluding hydrogens is 290 g/mol. The van der Waals surface area contributed by atoms with E-state index < -0.39 is 0 Å². The number of nitrogens with zero attached hydrogens (tertiary/aromatic N) is 2. The van der Waals surface area contributed by atoms with Crippen LogP contribution in [0.25, 0.3) is 0 Å². The van der Waals surface area contributed by atoms with E-state index in [1.807, 2.05) is 29.3 Å². The third-order valence-electron chi connectivity index (χ3n) is 3.85. The third-order valence-corrected chi connectivity index (χ3v) is 3.85. The first-order valence-corrected chi connectivity index (χ1v) is 7.72. The van der Waals surface area contributed by atoms with Gasteiger partial charge in [0.15, 0.2) is 0 Å². The molecule has 0 radical (unpaired) electrons. The lowest BCUT2D eigenvalue weighted by Crippen LogP contribution is -2.25. The smallest absolute Gasteiger partial charge is 0.212 e. The first-order valence-electron chi connectivity index (χ1n) is 7.72. The summed E-state index contributed by atoms with van der Waals surface area (Å²) in [4.78, 5) is 9.89. The number of aryl methyl sites for hydroxylation is 1. The molecule has 0 bridgehead atoms. The largest absolute Gasteiger partial charge is 0.481 e. The third kappa shape index (κ3) is 3.81. The molecule has 0 saturated heterocycles. The van der Waals surface area contributed by atoms with Gasteiger partial charge in [-0.2, -0.15) is 0 Å². The maximum Gasteiger partial charge on any atom is 0.212 e. The van der Waals surface area contributed by atoms with Crippen LogP contribution >= 0.6 is 0 Å². The number of hydrogen-bond donors (Lipinski definition) is 1. The molecule has 5 heteroatoms. The highest BCUT2D eigenvalue weighted by Gasteiger charge is 2.27. The normalized spacial score (nSPS) is 17.6. The molecule has 2 aromatic rings. The van der Waals surface area contributed by atoms with Crippen LogP contribution in [0.3, 0.4) is 0 Å². The summed E-state index contributed by atoms with van der Waals surface area (Å²) in [6.07, 6.45) is 5.71. The molecule has 3 rings (SSSR count). The Morgan fingerprint density at radius 1 is 1.22 bits per heavy atom. The Balaban J connectivity index is 1.61. The SMILES string of the molecule is COc1ccc(C2C=C(N)ON2CCCc2ccccc2)cn1. The first-order chi connectivity index (χ1) is 11.3. The van der Waals surface area contributed by atoms with Crippen molar-refractivity contribution in [3.8, 4) is 5.88 Å². The van der Waals surface area contributed by atoms with E-state index >= 15 is 0 Å². The zero-order chi connectivity index (χ0) is 16.1. The van der Waals surface area contributed by atoms with Crippen LogP contribution in [0.5, 0.6) is 5.88 Å². The maximum atomic E-state index is 5.84. The first kappa shape index (κ1) is 15.4. The number of hydrogen-bond acceptors (Lipinski definition) is 5. The molecule has 1 unspecified atom stereocenters. The van der Waals surface area contributed by atoms with E-state index in [1.54, 1.807) is 13.3 Å². The van der Waals surface area contributed by atoms with E-state index in [9.17, 15) is 0 Å². The highest BCUT2D eigenvalue weighted by molar-refractivity contribution is 5.25. The van der Waals surface area contributed by atoms with E-state index in [4.69, 9.17) is 15.3 Å². The Labute approximate surface area is 136 Å². The van der Waals surface area contributed by atoms with Crippen molar-refractivity contribution in [2.24, 2.45) is 5.73 Å². The number of benzene rings is 1. The second kappa shape index (κ2) is 7.15. The zero-order valence-electron chi connectivity index (χ0n) is 13.2. The molecule has 1 aromatic carbocycles. The minimum absolute atomic E-state index is 0.0100. The van der Waals surface area contributed by atoms with Gasteiger partial charge in [-0.15, -0.1) is 5.06 Å². The van der Waals surface area contributed by atoms with Crippen molar-refractivity contribution in [2.45, 2.75) is 18.9 Å². The lowest BCUT2D eigenvalue weighted by atomic mass is 10.1. The molecule has 23 heavy (non-hydrogen) atoms. The second-order valence-corrected chi connectivity index (χ2v) is 5.47. The summed E-state index contributed by atoms with van der Waals surface area (Å²) in [5.74, 6) is 1.03. The summed E-state index contributed by atoms with van der Waals surface area (Å²) in [6, 6.07) is 14.3. The Morgan fingerprint density at radius 3 is 2.74 bits per heavy atom. The fraction of sp³-hybridized carbons (Fsp3) is 0.278. The number of pyridine rings is 1. The summed E-state index contributed by atoms with van der Waals surface area (Å²) < 4.78 is 5.10. The van der Waals surface area contributed by atoms with Gasteiger partial charge in [0.05, 0.1) is 13.2 Å². The fourth-order valence-electron chi connectivity index (χ4n) is 2.68. The van der Waals surface area contributed by atoms with Gasteiger partial charge in [0.2, 0.25) is 11.8 Å². The van der Waals surface area contributed by atoms with E-state index in [1.165, 1.54) is 5.56 Å². The predicted molar refractivity (Wildman–Crippen MR) is 88.4 cm³/mol. The quantitative estimate of drug-likeness (QED) is 0.889. The van der Waals surface area contributed by atoms with Crippen molar-refractivity contribution < 1.29 is 9.57 Å². The summed E-state index contributed by atoms with van der Waals surface area (Å²) in [6.45, 7) is 0.794. The zero-order valence-corrected chi connectivity index (χ0v) is 13.2. The molecule has 1 atom stereocenters. The Hall–Kier alpha value is -2.53. The molecule has 0 fully saturated rings. The molecule has 5 nitrogen and oxygen atoms in total. The average Bonchev–Trinajstić information content (AvgIpc) is 2.97. The summed E-state index contributed by atoms with van der Waals surface area (Å²) in [7, 11) is 1.61. The molecule has 0 spiro atoms. The van der Waals surface area contributed by atoms with Crippen molar-refractivity contribution in [1.82, 2.24) is 10.0 Å². The predicted octanol–water partition coefficient (Wildman–Crippen LogP) is 2.81. The Morgan fingerprint density at radius 2 is 2.04 bits per heavy atom. The molecule has 2 heterocycles. The summed E-state index contributed by atoms with van der Waals surface area (Å²) in [5.41, 5.74) is 8.21. The second-order valence-electron chi connectivity index (χ2n) is 5.47. The molecule has 1 aliphatic rings. The van der Waals surface area contributed by atoms with Crippen LogP contribution in [0.15, 0.2) is 60.6 Å². The molecule has 0 aliphatic carbocycles. The van der Waals surface area contributed by atoms with Crippen molar-refractivity contribution >= 4 is 0 Å². The Kier molecular flexibility index (Phi) is 4.78. The Bertz CT molecular complexity index is 656. The lowest BCUT2D eigenvalue weighted by Gasteiger charge is -2.22. The highest BCUT2D eigenvalue weighted by atomic mass is 16.7. The van der Waals surface area contributed by atoms with Crippen molar-refractivity contribution in [1.29, 1.82) is 0 Å². The van der Waals surface area contributed by atoms with Gasteiger partial charge >= 0.3 is 0 Å². The standard InChI is InChI=1S/C18H21N3O2/c1-22-18-10-9-15(13-20-18)16-12-17(19)23-21(16)11-5-8-14-6-3-2-4-7-14/h2-4,6-7,9-10,12-13,16H,5,8,11,19H2,1H3. The highest BCUT2D eigenvalue weighted by Crippen LogP contribution is 2.30. The molecule has 120 valence electrons. The molecule has 0 saturated carbocycles. The lowest BCUT2D eigenvalue weighted by molar-refractivity contribution is -0.120.